The highest BCUT2D eigenvalue weighted by atomic mass is 28.4. The Bertz CT molecular complexity index is 417. The average Bonchev–Trinajstić information content (AvgIpc) is 2.81. The van der Waals surface area contributed by atoms with E-state index in [1.165, 1.54) is 39.2 Å². The highest BCUT2D eigenvalue weighted by molar-refractivity contribution is 6.69. The number of esters is 1. The molecule has 0 aliphatic heterocycles. The molecule has 2 saturated carbocycles. The number of hydrogen-bond donors (Lipinski definition) is 0. The maximum Gasteiger partial charge on any atom is 0.305 e. The van der Waals surface area contributed by atoms with Gasteiger partial charge < -0.3 is 9.16 Å². The van der Waals surface area contributed by atoms with Crippen molar-refractivity contribution in [1.82, 2.24) is 0 Å². The predicted octanol–water partition coefficient (Wildman–Crippen LogP) is 5.01. The molecule has 2 aliphatic carbocycles. The SMILES string of the molecule is COC(=O)CC[C@@H](C)[C@H]1CCC2[C@@H](O[Si](C)(C)C)CCC[C@@]21C. The van der Waals surface area contributed by atoms with Gasteiger partial charge in [-0.1, -0.05) is 20.3 Å². The lowest BCUT2D eigenvalue weighted by molar-refractivity contribution is -0.141. The fourth-order valence-electron chi connectivity index (χ4n) is 5.34. The van der Waals surface area contributed by atoms with Crippen LogP contribution in [0.3, 0.4) is 0 Å². The second-order valence-corrected chi connectivity index (χ2v) is 13.5. The van der Waals surface area contributed by atoms with E-state index < -0.39 is 8.32 Å². The van der Waals surface area contributed by atoms with Gasteiger partial charge in [0.25, 0.3) is 0 Å². The minimum atomic E-state index is -1.48. The average molecular weight is 341 g/mol. The molecule has 5 atom stereocenters. The van der Waals surface area contributed by atoms with Gasteiger partial charge in [-0.05, 0) is 74.9 Å². The van der Waals surface area contributed by atoms with E-state index in [0.29, 0.717) is 29.8 Å². The molecule has 0 N–H and O–H groups in total. The molecule has 0 heterocycles. The summed E-state index contributed by atoms with van der Waals surface area (Å²) in [6.07, 6.45) is 8.46. The van der Waals surface area contributed by atoms with E-state index in [1.54, 1.807) is 0 Å². The zero-order valence-electron chi connectivity index (χ0n) is 16.0. The summed E-state index contributed by atoms with van der Waals surface area (Å²) >= 11 is 0. The molecule has 3 nitrogen and oxygen atoms in total. The largest absolute Gasteiger partial charge is 0.469 e. The summed E-state index contributed by atoms with van der Waals surface area (Å²) in [5.74, 6) is 1.97. The van der Waals surface area contributed by atoms with Crippen molar-refractivity contribution in [3.05, 3.63) is 0 Å². The van der Waals surface area contributed by atoms with Crippen LogP contribution >= 0.6 is 0 Å². The molecule has 0 aromatic carbocycles. The van der Waals surface area contributed by atoms with Crippen molar-refractivity contribution in [3.8, 4) is 0 Å². The third-order valence-electron chi connectivity index (χ3n) is 6.36. The highest BCUT2D eigenvalue weighted by Crippen LogP contribution is 2.59. The van der Waals surface area contributed by atoms with Gasteiger partial charge in [0.15, 0.2) is 8.32 Å². The lowest BCUT2D eigenvalue weighted by Crippen LogP contribution is -2.46. The van der Waals surface area contributed by atoms with Gasteiger partial charge in [0.1, 0.15) is 0 Å². The molecule has 0 aromatic heterocycles. The number of carbonyl (C=O) groups excluding carboxylic acids is 1. The van der Waals surface area contributed by atoms with Crippen LogP contribution in [0.2, 0.25) is 19.6 Å². The molecule has 0 radical (unpaired) electrons. The van der Waals surface area contributed by atoms with Gasteiger partial charge in [0.05, 0.1) is 7.11 Å². The summed E-state index contributed by atoms with van der Waals surface area (Å²) in [5, 5.41) is 0. The van der Waals surface area contributed by atoms with E-state index in [0.717, 1.165) is 12.3 Å². The number of rotatable bonds is 6. The Morgan fingerprint density at radius 1 is 1.26 bits per heavy atom. The van der Waals surface area contributed by atoms with Crippen LogP contribution in [0, 0.1) is 23.2 Å². The van der Waals surface area contributed by atoms with E-state index in [-0.39, 0.29) is 5.97 Å². The van der Waals surface area contributed by atoms with Crippen LogP contribution in [0.25, 0.3) is 0 Å². The summed E-state index contributed by atoms with van der Waals surface area (Å²) in [7, 11) is 0.00262. The van der Waals surface area contributed by atoms with E-state index >= 15 is 0 Å². The first-order valence-corrected chi connectivity index (χ1v) is 12.8. The topological polar surface area (TPSA) is 35.5 Å². The molecular weight excluding hydrogens is 304 g/mol. The van der Waals surface area contributed by atoms with Crippen LogP contribution in [0.15, 0.2) is 0 Å². The molecule has 0 amide bonds. The lowest BCUT2D eigenvalue weighted by atomic mass is 9.61. The number of carbonyl (C=O) groups is 1. The first-order chi connectivity index (χ1) is 10.7. The van der Waals surface area contributed by atoms with Gasteiger partial charge >= 0.3 is 5.97 Å². The lowest BCUT2D eigenvalue weighted by Gasteiger charge is -2.48. The molecule has 2 rings (SSSR count). The highest BCUT2D eigenvalue weighted by Gasteiger charge is 2.53. The Kier molecular flexibility index (Phi) is 5.99. The normalized spacial score (nSPS) is 35.7. The second-order valence-electron chi connectivity index (χ2n) is 9.05. The van der Waals surface area contributed by atoms with Crippen LogP contribution < -0.4 is 0 Å². The van der Waals surface area contributed by atoms with Crippen molar-refractivity contribution in [2.24, 2.45) is 23.2 Å². The van der Waals surface area contributed by atoms with Gasteiger partial charge in [-0.3, -0.25) is 4.79 Å². The van der Waals surface area contributed by atoms with Gasteiger partial charge in [-0.2, -0.15) is 0 Å². The molecular formula is C19H36O3Si. The Balaban J connectivity index is 2.04. The Hall–Kier alpha value is -0.353. The fourth-order valence-corrected chi connectivity index (χ4v) is 6.53. The molecule has 1 unspecified atom stereocenters. The molecule has 23 heavy (non-hydrogen) atoms. The van der Waals surface area contributed by atoms with Gasteiger partial charge in [-0.25, -0.2) is 0 Å². The molecule has 2 aliphatic rings. The smallest absolute Gasteiger partial charge is 0.305 e. The molecule has 2 fully saturated rings. The summed E-state index contributed by atoms with van der Waals surface area (Å²) in [5.41, 5.74) is 0.401. The summed E-state index contributed by atoms with van der Waals surface area (Å²) in [4.78, 5) is 11.5. The van der Waals surface area contributed by atoms with E-state index in [1.807, 2.05) is 0 Å². The zero-order chi connectivity index (χ0) is 17.3. The predicted molar refractivity (Wildman–Crippen MR) is 96.8 cm³/mol. The monoisotopic (exact) mass is 340 g/mol. The Morgan fingerprint density at radius 2 is 1.96 bits per heavy atom. The Labute approximate surface area is 143 Å². The van der Waals surface area contributed by atoms with Crippen LogP contribution in [0.5, 0.6) is 0 Å². The zero-order valence-corrected chi connectivity index (χ0v) is 17.0. The summed E-state index contributed by atoms with van der Waals surface area (Å²) < 4.78 is 11.4. The van der Waals surface area contributed by atoms with Crippen LogP contribution in [-0.4, -0.2) is 27.5 Å². The standard InChI is InChI=1S/C19H36O3Si/c1-14(9-12-18(20)21-3)15-10-11-16-17(22-23(4,5)6)8-7-13-19(15,16)2/h14-17H,7-13H2,1-6H3/t14-,15-,16?,17+,19-/m1/s1. The Morgan fingerprint density at radius 3 is 2.57 bits per heavy atom. The molecule has 0 bridgehead atoms. The molecule has 134 valence electrons. The molecule has 4 heteroatoms. The van der Waals surface area contributed by atoms with E-state index in [9.17, 15) is 4.79 Å². The van der Waals surface area contributed by atoms with E-state index in [2.05, 4.69) is 33.5 Å². The number of fused-ring (bicyclic) bond motifs is 1. The maximum absolute atomic E-state index is 11.5. The number of ether oxygens (including phenoxy) is 1. The first-order valence-electron chi connectivity index (χ1n) is 9.42. The first kappa shape index (κ1) is 19.0. The van der Waals surface area contributed by atoms with E-state index in [4.69, 9.17) is 9.16 Å². The van der Waals surface area contributed by atoms with Crippen molar-refractivity contribution in [2.45, 2.75) is 84.5 Å². The molecule has 0 spiro atoms. The van der Waals surface area contributed by atoms with Crippen LogP contribution in [0.1, 0.15) is 58.8 Å². The number of hydrogen-bond acceptors (Lipinski definition) is 3. The van der Waals surface area contributed by atoms with Crippen LogP contribution in [0.4, 0.5) is 0 Å². The van der Waals surface area contributed by atoms with Crippen molar-refractivity contribution >= 4 is 14.3 Å². The van der Waals surface area contributed by atoms with Gasteiger partial charge in [0.2, 0.25) is 0 Å². The molecule has 0 saturated heterocycles. The minimum absolute atomic E-state index is 0.0693. The maximum atomic E-state index is 11.5. The van der Waals surface area contributed by atoms with Crippen molar-refractivity contribution in [3.63, 3.8) is 0 Å². The van der Waals surface area contributed by atoms with Crippen molar-refractivity contribution < 1.29 is 14.0 Å². The van der Waals surface area contributed by atoms with Crippen molar-refractivity contribution in [1.29, 1.82) is 0 Å². The fraction of sp³-hybridized carbons (Fsp3) is 0.947. The van der Waals surface area contributed by atoms with Crippen LogP contribution in [-0.2, 0) is 14.0 Å². The number of methoxy groups -OCH3 is 1. The van der Waals surface area contributed by atoms with Gasteiger partial charge in [-0.15, -0.1) is 0 Å². The summed E-state index contributed by atoms with van der Waals surface area (Å²) in [6, 6.07) is 0. The second kappa shape index (κ2) is 7.26. The van der Waals surface area contributed by atoms with Crippen molar-refractivity contribution in [2.75, 3.05) is 7.11 Å². The minimum Gasteiger partial charge on any atom is -0.469 e. The third-order valence-corrected chi connectivity index (χ3v) is 7.37. The van der Waals surface area contributed by atoms with Gasteiger partial charge in [0, 0.05) is 12.5 Å². The third kappa shape index (κ3) is 4.39. The molecule has 0 aromatic rings. The summed E-state index contributed by atoms with van der Waals surface area (Å²) in [6.45, 7) is 11.8. The quantitative estimate of drug-likeness (QED) is 0.503.